The molecule has 170 valence electrons. The highest BCUT2D eigenvalue weighted by Crippen LogP contribution is 2.30. The van der Waals surface area contributed by atoms with Gasteiger partial charge in [-0.05, 0) is 61.2 Å². The summed E-state index contributed by atoms with van der Waals surface area (Å²) in [5, 5.41) is 5.99. The monoisotopic (exact) mass is 469 g/mol. The van der Waals surface area contributed by atoms with Crippen molar-refractivity contribution in [2.75, 3.05) is 18.5 Å². The van der Waals surface area contributed by atoms with E-state index in [1.54, 1.807) is 31.2 Å². The van der Waals surface area contributed by atoms with E-state index in [1.807, 2.05) is 0 Å². The number of thiophene rings is 1. The third-order valence-electron chi connectivity index (χ3n) is 5.27. The molecule has 8 nitrogen and oxygen atoms in total. The summed E-state index contributed by atoms with van der Waals surface area (Å²) in [5.41, 5.74) is -0.538. The van der Waals surface area contributed by atoms with Gasteiger partial charge in [0.15, 0.2) is 0 Å². The first kappa shape index (κ1) is 22.4. The SMILES string of the molecule is CCOC(=O)c1cc2cc(NC(=O)CN3C(=O)NC(C)(c4ccc(F)cc4)C3=O)ccc2s1. The number of carbonyl (C=O) groups excluding carboxylic acids is 4. The molecular formula is C23H20FN3O5S. The molecule has 0 radical (unpaired) electrons. The molecule has 0 aliphatic carbocycles. The summed E-state index contributed by atoms with van der Waals surface area (Å²) in [4.78, 5) is 51.1. The Morgan fingerprint density at radius 1 is 1.15 bits per heavy atom. The lowest BCUT2D eigenvalue weighted by atomic mass is 9.92. The molecule has 4 amide bonds. The van der Waals surface area contributed by atoms with E-state index in [1.165, 1.54) is 42.5 Å². The van der Waals surface area contributed by atoms with E-state index >= 15 is 0 Å². The number of hydrogen-bond donors (Lipinski definition) is 2. The largest absolute Gasteiger partial charge is 0.462 e. The van der Waals surface area contributed by atoms with Crippen molar-refractivity contribution < 1.29 is 28.3 Å². The molecule has 2 heterocycles. The number of ether oxygens (including phenoxy) is 1. The third-order valence-corrected chi connectivity index (χ3v) is 6.37. The normalized spacial score (nSPS) is 17.8. The van der Waals surface area contributed by atoms with Gasteiger partial charge in [-0.15, -0.1) is 11.3 Å². The van der Waals surface area contributed by atoms with E-state index in [9.17, 15) is 23.6 Å². The fourth-order valence-electron chi connectivity index (χ4n) is 3.59. The molecule has 1 aliphatic heterocycles. The van der Waals surface area contributed by atoms with Gasteiger partial charge in [0.05, 0.1) is 6.61 Å². The molecule has 1 aliphatic rings. The number of urea groups is 1. The van der Waals surface area contributed by atoms with Crippen molar-refractivity contribution in [3.8, 4) is 0 Å². The molecule has 0 bridgehead atoms. The van der Waals surface area contributed by atoms with E-state index in [-0.39, 0.29) is 6.61 Å². The van der Waals surface area contributed by atoms with Crippen LogP contribution >= 0.6 is 11.3 Å². The van der Waals surface area contributed by atoms with Crippen LogP contribution in [0.4, 0.5) is 14.9 Å². The highest BCUT2D eigenvalue weighted by Gasteiger charge is 2.49. The fourth-order valence-corrected chi connectivity index (χ4v) is 4.52. The van der Waals surface area contributed by atoms with Crippen LogP contribution < -0.4 is 10.6 Å². The van der Waals surface area contributed by atoms with Crippen molar-refractivity contribution in [3.63, 3.8) is 0 Å². The Kier molecular flexibility index (Phi) is 5.86. The molecule has 0 spiro atoms. The number of imide groups is 1. The Morgan fingerprint density at radius 2 is 1.88 bits per heavy atom. The first-order chi connectivity index (χ1) is 15.7. The lowest BCUT2D eigenvalue weighted by molar-refractivity contribution is -0.133. The van der Waals surface area contributed by atoms with E-state index in [0.717, 1.165) is 15.0 Å². The van der Waals surface area contributed by atoms with Crippen LogP contribution in [-0.4, -0.2) is 41.9 Å². The summed E-state index contributed by atoms with van der Waals surface area (Å²) >= 11 is 1.28. The molecule has 0 saturated carbocycles. The van der Waals surface area contributed by atoms with Crippen LogP contribution in [0.5, 0.6) is 0 Å². The second-order valence-corrected chi connectivity index (χ2v) is 8.67. The Balaban J connectivity index is 1.46. The summed E-state index contributed by atoms with van der Waals surface area (Å²) in [7, 11) is 0. The van der Waals surface area contributed by atoms with Crippen molar-refractivity contribution in [2.45, 2.75) is 19.4 Å². The number of esters is 1. The Bertz CT molecular complexity index is 1270. The summed E-state index contributed by atoms with van der Waals surface area (Å²) in [6.07, 6.45) is 0. The number of carbonyl (C=O) groups is 4. The summed E-state index contributed by atoms with van der Waals surface area (Å²) < 4.78 is 19.1. The fraction of sp³-hybridized carbons (Fsp3) is 0.217. The van der Waals surface area contributed by atoms with E-state index < -0.39 is 41.7 Å². The predicted molar refractivity (Wildman–Crippen MR) is 120 cm³/mol. The number of nitrogens with zero attached hydrogens (tertiary/aromatic N) is 1. The Morgan fingerprint density at radius 3 is 2.58 bits per heavy atom. The zero-order valence-electron chi connectivity index (χ0n) is 17.8. The molecule has 2 aromatic carbocycles. The number of hydrogen-bond acceptors (Lipinski definition) is 6. The number of anilines is 1. The summed E-state index contributed by atoms with van der Waals surface area (Å²) in [5.74, 6) is -2.05. The number of benzene rings is 2. The molecular weight excluding hydrogens is 449 g/mol. The molecule has 1 aromatic heterocycles. The van der Waals surface area contributed by atoms with Gasteiger partial charge in [0, 0.05) is 10.4 Å². The minimum Gasteiger partial charge on any atom is -0.462 e. The number of rotatable bonds is 6. The second kappa shape index (κ2) is 8.62. The Hall–Kier alpha value is -3.79. The average molecular weight is 469 g/mol. The smallest absolute Gasteiger partial charge is 0.348 e. The third kappa shape index (κ3) is 4.29. The van der Waals surface area contributed by atoms with Gasteiger partial charge in [0.2, 0.25) is 5.91 Å². The van der Waals surface area contributed by atoms with Crippen molar-refractivity contribution in [1.29, 1.82) is 0 Å². The maximum atomic E-state index is 13.2. The minimum atomic E-state index is -1.40. The van der Waals surface area contributed by atoms with Crippen LogP contribution in [0.2, 0.25) is 0 Å². The second-order valence-electron chi connectivity index (χ2n) is 7.59. The highest BCUT2D eigenvalue weighted by atomic mass is 32.1. The molecule has 2 N–H and O–H groups in total. The van der Waals surface area contributed by atoms with Crippen LogP contribution in [-0.2, 0) is 19.9 Å². The molecule has 1 atom stereocenters. The molecule has 1 saturated heterocycles. The van der Waals surface area contributed by atoms with Gasteiger partial charge in [0.1, 0.15) is 22.8 Å². The molecule has 4 rings (SSSR count). The van der Waals surface area contributed by atoms with Crippen LogP contribution in [0.25, 0.3) is 10.1 Å². The molecule has 1 fully saturated rings. The number of halogens is 1. The van der Waals surface area contributed by atoms with Gasteiger partial charge >= 0.3 is 12.0 Å². The maximum Gasteiger partial charge on any atom is 0.348 e. The van der Waals surface area contributed by atoms with Crippen LogP contribution in [0.15, 0.2) is 48.5 Å². The Labute approximate surface area is 192 Å². The molecule has 33 heavy (non-hydrogen) atoms. The zero-order chi connectivity index (χ0) is 23.8. The van der Waals surface area contributed by atoms with Crippen LogP contribution in [0.3, 0.4) is 0 Å². The lowest BCUT2D eigenvalue weighted by Crippen LogP contribution is -2.42. The zero-order valence-corrected chi connectivity index (χ0v) is 18.6. The van der Waals surface area contributed by atoms with Gasteiger partial charge in [-0.1, -0.05) is 12.1 Å². The topological polar surface area (TPSA) is 105 Å². The van der Waals surface area contributed by atoms with Gasteiger partial charge in [-0.25, -0.2) is 14.0 Å². The average Bonchev–Trinajstić information content (AvgIpc) is 3.29. The molecule has 1 unspecified atom stereocenters. The molecule has 3 aromatic rings. The van der Waals surface area contributed by atoms with Crippen LogP contribution in [0, 0.1) is 5.82 Å². The minimum absolute atomic E-state index is 0.275. The quantitative estimate of drug-likeness (QED) is 0.424. The highest BCUT2D eigenvalue weighted by molar-refractivity contribution is 7.20. The van der Waals surface area contributed by atoms with Crippen molar-refractivity contribution >= 4 is 50.9 Å². The van der Waals surface area contributed by atoms with E-state index in [4.69, 9.17) is 4.74 Å². The predicted octanol–water partition coefficient (Wildman–Crippen LogP) is 3.62. The van der Waals surface area contributed by atoms with E-state index in [2.05, 4.69) is 10.6 Å². The van der Waals surface area contributed by atoms with Gasteiger partial charge < -0.3 is 15.4 Å². The molecule has 10 heteroatoms. The van der Waals surface area contributed by atoms with Crippen LogP contribution in [0.1, 0.15) is 29.1 Å². The van der Waals surface area contributed by atoms with Gasteiger partial charge in [-0.2, -0.15) is 0 Å². The van der Waals surface area contributed by atoms with Crippen molar-refractivity contribution in [3.05, 3.63) is 64.8 Å². The first-order valence-electron chi connectivity index (χ1n) is 10.1. The number of amides is 4. The number of nitrogens with one attached hydrogen (secondary N) is 2. The van der Waals surface area contributed by atoms with Crippen molar-refractivity contribution in [1.82, 2.24) is 10.2 Å². The summed E-state index contributed by atoms with van der Waals surface area (Å²) in [6, 6.07) is 11.3. The first-order valence-corrected chi connectivity index (χ1v) is 10.9. The standard InChI is InChI=1S/C23H20FN3O5S/c1-3-32-20(29)18-11-13-10-16(8-9-17(13)33-18)25-19(28)12-27-21(30)23(2,26-22(27)31)14-4-6-15(24)7-5-14/h4-11H,3,12H2,1-2H3,(H,25,28)(H,26,31). The number of fused-ring (bicyclic) bond motifs is 1. The summed E-state index contributed by atoms with van der Waals surface area (Å²) in [6.45, 7) is 3.02. The van der Waals surface area contributed by atoms with Crippen molar-refractivity contribution in [2.24, 2.45) is 0 Å². The van der Waals surface area contributed by atoms with Gasteiger partial charge in [0.25, 0.3) is 5.91 Å². The lowest BCUT2D eigenvalue weighted by Gasteiger charge is -2.22. The van der Waals surface area contributed by atoms with E-state index in [0.29, 0.717) is 16.1 Å². The van der Waals surface area contributed by atoms with Gasteiger partial charge in [-0.3, -0.25) is 14.5 Å². The maximum absolute atomic E-state index is 13.2.